The predicted molar refractivity (Wildman–Crippen MR) is 82.1 cm³/mol. The van der Waals surface area contributed by atoms with Gasteiger partial charge in [-0.3, -0.25) is 4.90 Å². The van der Waals surface area contributed by atoms with Gasteiger partial charge in [0.25, 0.3) is 0 Å². The van der Waals surface area contributed by atoms with E-state index in [1.54, 1.807) is 6.07 Å². The topological polar surface area (TPSA) is 40.4 Å². The van der Waals surface area contributed by atoms with Gasteiger partial charge in [-0.25, -0.2) is 0 Å². The number of phenolic OH excluding ortho intramolecular Hbond substituents is 1. The molecule has 4 nitrogen and oxygen atoms in total. The second-order valence-corrected chi connectivity index (χ2v) is 5.85. The SMILES string of the molecule is CC(C)n1cc(CN2CCNCC2)c2c(O)cccc21. The van der Waals surface area contributed by atoms with Crippen molar-refractivity contribution in [1.29, 1.82) is 0 Å². The zero-order valence-corrected chi connectivity index (χ0v) is 12.3. The van der Waals surface area contributed by atoms with E-state index < -0.39 is 0 Å². The molecule has 0 amide bonds. The van der Waals surface area contributed by atoms with E-state index in [9.17, 15) is 5.11 Å². The van der Waals surface area contributed by atoms with Crippen molar-refractivity contribution >= 4 is 10.9 Å². The number of hydrogen-bond acceptors (Lipinski definition) is 3. The predicted octanol–water partition coefficient (Wildman–Crippen LogP) is 2.33. The van der Waals surface area contributed by atoms with Crippen molar-refractivity contribution in [3.8, 4) is 5.75 Å². The van der Waals surface area contributed by atoms with Crippen LogP contribution in [0.4, 0.5) is 0 Å². The minimum Gasteiger partial charge on any atom is -0.507 e. The molecule has 2 aromatic rings. The Morgan fingerprint density at radius 2 is 2.00 bits per heavy atom. The van der Waals surface area contributed by atoms with E-state index in [0.29, 0.717) is 11.8 Å². The number of aromatic nitrogens is 1. The molecule has 0 unspecified atom stereocenters. The Morgan fingerprint density at radius 1 is 1.25 bits per heavy atom. The minimum absolute atomic E-state index is 0.395. The fourth-order valence-electron chi connectivity index (χ4n) is 3.03. The quantitative estimate of drug-likeness (QED) is 0.902. The number of piperazine rings is 1. The van der Waals surface area contributed by atoms with E-state index in [1.165, 1.54) is 5.56 Å². The number of nitrogens with one attached hydrogen (secondary N) is 1. The third-order valence-corrected chi connectivity index (χ3v) is 4.07. The molecule has 20 heavy (non-hydrogen) atoms. The normalized spacial score (nSPS) is 17.1. The summed E-state index contributed by atoms with van der Waals surface area (Å²) >= 11 is 0. The van der Waals surface area contributed by atoms with Crippen LogP contribution in [0.2, 0.25) is 0 Å². The van der Waals surface area contributed by atoms with Crippen LogP contribution in [0.15, 0.2) is 24.4 Å². The first kappa shape index (κ1) is 13.5. The van der Waals surface area contributed by atoms with Crippen LogP contribution in [-0.4, -0.2) is 40.8 Å². The average Bonchev–Trinajstić information content (AvgIpc) is 2.80. The molecule has 0 aliphatic carbocycles. The van der Waals surface area contributed by atoms with Gasteiger partial charge in [0.1, 0.15) is 5.75 Å². The summed E-state index contributed by atoms with van der Waals surface area (Å²) in [6.45, 7) is 9.51. The summed E-state index contributed by atoms with van der Waals surface area (Å²) in [4.78, 5) is 2.45. The number of benzene rings is 1. The molecule has 4 heteroatoms. The van der Waals surface area contributed by atoms with Gasteiger partial charge in [0.2, 0.25) is 0 Å². The molecule has 2 N–H and O–H groups in total. The van der Waals surface area contributed by atoms with Gasteiger partial charge in [-0.05, 0) is 31.5 Å². The number of phenols is 1. The molecule has 1 aliphatic rings. The minimum atomic E-state index is 0.395. The molecular formula is C16H23N3O. The van der Waals surface area contributed by atoms with Crippen LogP contribution < -0.4 is 5.32 Å². The Hall–Kier alpha value is -1.52. The molecule has 0 radical (unpaired) electrons. The summed E-state index contributed by atoms with van der Waals surface area (Å²) in [6, 6.07) is 6.20. The lowest BCUT2D eigenvalue weighted by Gasteiger charge is -2.26. The number of fused-ring (bicyclic) bond motifs is 1. The Bertz CT molecular complexity index is 597. The molecule has 1 aliphatic heterocycles. The van der Waals surface area contributed by atoms with Crippen molar-refractivity contribution in [2.24, 2.45) is 0 Å². The molecule has 0 atom stereocenters. The molecule has 1 fully saturated rings. The average molecular weight is 273 g/mol. The molecule has 1 saturated heterocycles. The summed E-state index contributed by atoms with van der Waals surface area (Å²) < 4.78 is 2.26. The van der Waals surface area contributed by atoms with E-state index in [2.05, 4.69) is 40.9 Å². The summed E-state index contributed by atoms with van der Waals surface area (Å²) in [7, 11) is 0. The van der Waals surface area contributed by atoms with Crippen molar-refractivity contribution in [1.82, 2.24) is 14.8 Å². The first-order chi connectivity index (χ1) is 9.66. The van der Waals surface area contributed by atoms with E-state index in [4.69, 9.17) is 0 Å². The highest BCUT2D eigenvalue weighted by molar-refractivity contribution is 5.89. The lowest BCUT2D eigenvalue weighted by molar-refractivity contribution is 0.233. The second-order valence-electron chi connectivity index (χ2n) is 5.85. The van der Waals surface area contributed by atoms with Crippen molar-refractivity contribution in [2.75, 3.05) is 26.2 Å². The van der Waals surface area contributed by atoms with Crippen LogP contribution in [0.25, 0.3) is 10.9 Å². The summed E-state index contributed by atoms with van der Waals surface area (Å²) in [5.41, 5.74) is 2.36. The molecule has 0 bridgehead atoms. The standard InChI is InChI=1S/C16H23N3O/c1-12(2)19-11-13(10-18-8-6-17-7-9-18)16-14(19)4-3-5-15(16)20/h3-5,11-12,17,20H,6-10H2,1-2H3. The van der Waals surface area contributed by atoms with Crippen molar-refractivity contribution in [3.05, 3.63) is 30.0 Å². The summed E-state index contributed by atoms with van der Waals surface area (Å²) in [5, 5.41) is 14.6. The molecule has 1 aromatic heterocycles. The maximum atomic E-state index is 10.2. The first-order valence-corrected chi connectivity index (χ1v) is 7.41. The molecule has 1 aromatic carbocycles. The lowest BCUT2D eigenvalue weighted by Crippen LogP contribution is -2.42. The van der Waals surface area contributed by atoms with Gasteiger partial charge in [0.05, 0.1) is 5.52 Å². The van der Waals surface area contributed by atoms with Gasteiger partial charge < -0.3 is 15.0 Å². The van der Waals surface area contributed by atoms with Crippen LogP contribution in [0, 0.1) is 0 Å². The van der Waals surface area contributed by atoms with Crippen molar-refractivity contribution in [3.63, 3.8) is 0 Å². The first-order valence-electron chi connectivity index (χ1n) is 7.41. The van der Waals surface area contributed by atoms with Gasteiger partial charge in [0, 0.05) is 50.3 Å². The highest BCUT2D eigenvalue weighted by Crippen LogP contribution is 2.32. The van der Waals surface area contributed by atoms with E-state index in [1.807, 2.05) is 6.07 Å². The fourth-order valence-corrected chi connectivity index (χ4v) is 3.03. The Kier molecular flexibility index (Phi) is 3.68. The van der Waals surface area contributed by atoms with Gasteiger partial charge in [-0.1, -0.05) is 6.07 Å². The number of nitrogens with zero attached hydrogens (tertiary/aromatic N) is 2. The molecule has 3 rings (SSSR count). The number of hydrogen-bond donors (Lipinski definition) is 2. The van der Waals surface area contributed by atoms with Crippen LogP contribution >= 0.6 is 0 Å². The summed E-state index contributed by atoms with van der Waals surface area (Å²) in [5.74, 6) is 0.395. The number of aromatic hydroxyl groups is 1. The largest absolute Gasteiger partial charge is 0.507 e. The van der Waals surface area contributed by atoms with Crippen LogP contribution in [0.5, 0.6) is 5.75 Å². The van der Waals surface area contributed by atoms with Crippen LogP contribution in [0.1, 0.15) is 25.5 Å². The van der Waals surface area contributed by atoms with Crippen molar-refractivity contribution in [2.45, 2.75) is 26.4 Å². The molecular weight excluding hydrogens is 250 g/mol. The Labute approximate surface area is 120 Å². The fraction of sp³-hybridized carbons (Fsp3) is 0.500. The van der Waals surface area contributed by atoms with E-state index >= 15 is 0 Å². The second kappa shape index (κ2) is 5.46. The smallest absolute Gasteiger partial charge is 0.125 e. The van der Waals surface area contributed by atoms with E-state index in [-0.39, 0.29) is 0 Å². The Morgan fingerprint density at radius 3 is 2.70 bits per heavy atom. The molecule has 0 saturated carbocycles. The third kappa shape index (κ3) is 2.41. The third-order valence-electron chi connectivity index (χ3n) is 4.07. The van der Waals surface area contributed by atoms with Gasteiger partial charge in [0.15, 0.2) is 0 Å². The highest BCUT2D eigenvalue weighted by atomic mass is 16.3. The highest BCUT2D eigenvalue weighted by Gasteiger charge is 2.17. The zero-order chi connectivity index (χ0) is 14.1. The molecule has 2 heterocycles. The molecule has 0 spiro atoms. The van der Waals surface area contributed by atoms with Gasteiger partial charge >= 0.3 is 0 Å². The Balaban J connectivity index is 2.01. The van der Waals surface area contributed by atoms with Crippen LogP contribution in [0.3, 0.4) is 0 Å². The van der Waals surface area contributed by atoms with Crippen LogP contribution in [-0.2, 0) is 6.54 Å². The monoisotopic (exact) mass is 273 g/mol. The maximum Gasteiger partial charge on any atom is 0.125 e. The molecule has 108 valence electrons. The van der Waals surface area contributed by atoms with Gasteiger partial charge in [-0.15, -0.1) is 0 Å². The van der Waals surface area contributed by atoms with Crippen molar-refractivity contribution < 1.29 is 5.11 Å². The lowest BCUT2D eigenvalue weighted by atomic mass is 10.1. The summed E-state index contributed by atoms with van der Waals surface area (Å²) in [6.07, 6.45) is 2.21. The number of rotatable bonds is 3. The zero-order valence-electron chi connectivity index (χ0n) is 12.3. The van der Waals surface area contributed by atoms with Gasteiger partial charge in [-0.2, -0.15) is 0 Å². The maximum absolute atomic E-state index is 10.2. The van der Waals surface area contributed by atoms with E-state index in [0.717, 1.165) is 43.6 Å².